The summed E-state index contributed by atoms with van der Waals surface area (Å²) >= 11 is 0. The van der Waals surface area contributed by atoms with Crippen LogP contribution in [0.4, 0.5) is 0 Å². The molecule has 3 rings (SSSR count). The van der Waals surface area contributed by atoms with Crippen LogP contribution in [0.2, 0.25) is 0 Å². The topological polar surface area (TPSA) is 15.3 Å². The van der Waals surface area contributed by atoms with Gasteiger partial charge in [-0.25, -0.2) is 0 Å². The van der Waals surface area contributed by atoms with Crippen molar-refractivity contribution in [2.45, 2.75) is 96.3 Å². The summed E-state index contributed by atoms with van der Waals surface area (Å²) < 4.78 is 0. The Balaban J connectivity index is 1.66. The van der Waals surface area contributed by atoms with Gasteiger partial charge in [0.05, 0.1) is 0 Å². The van der Waals surface area contributed by atoms with Crippen molar-refractivity contribution in [1.82, 2.24) is 10.2 Å². The van der Waals surface area contributed by atoms with Gasteiger partial charge >= 0.3 is 0 Å². The molecule has 3 fully saturated rings. The van der Waals surface area contributed by atoms with Gasteiger partial charge in [-0.15, -0.1) is 0 Å². The number of nitrogens with zero attached hydrogens (tertiary/aromatic N) is 1. The summed E-state index contributed by atoms with van der Waals surface area (Å²) in [6, 6.07) is 3.47. The van der Waals surface area contributed by atoms with Crippen molar-refractivity contribution in [3.63, 3.8) is 0 Å². The molecule has 2 saturated heterocycles. The van der Waals surface area contributed by atoms with E-state index in [0.29, 0.717) is 5.41 Å². The number of nitrogens with one attached hydrogen (secondary N) is 1. The van der Waals surface area contributed by atoms with E-state index in [1.165, 1.54) is 51.4 Å². The summed E-state index contributed by atoms with van der Waals surface area (Å²) in [4.78, 5) is 2.97. The molecule has 1 aliphatic carbocycles. The summed E-state index contributed by atoms with van der Waals surface area (Å²) in [5, 5.41) is 3.70. The van der Waals surface area contributed by atoms with Crippen molar-refractivity contribution in [3.8, 4) is 0 Å². The Morgan fingerprint density at radius 1 is 1.05 bits per heavy atom. The molecule has 3 aliphatic rings. The lowest BCUT2D eigenvalue weighted by atomic mass is 9.74. The van der Waals surface area contributed by atoms with E-state index in [0.717, 1.165) is 30.7 Å². The van der Waals surface area contributed by atoms with Crippen LogP contribution in [0.1, 0.15) is 72.1 Å². The molecule has 0 radical (unpaired) electrons. The van der Waals surface area contributed by atoms with E-state index in [2.05, 4.69) is 31.0 Å². The van der Waals surface area contributed by atoms with Crippen molar-refractivity contribution < 1.29 is 0 Å². The van der Waals surface area contributed by atoms with Gasteiger partial charge in [-0.05, 0) is 56.9 Å². The first-order chi connectivity index (χ1) is 9.09. The predicted octanol–water partition coefficient (Wildman–Crippen LogP) is 3.56. The fourth-order valence-electron chi connectivity index (χ4n) is 5.18. The van der Waals surface area contributed by atoms with Gasteiger partial charge in [-0.2, -0.15) is 0 Å². The summed E-state index contributed by atoms with van der Waals surface area (Å²) in [6.45, 7) is 8.34. The van der Waals surface area contributed by atoms with Gasteiger partial charge in [0, 0.05) is 24.2 Å². The molecule has 2 aliphatic heterocycles. The van der Waals surface area contributed by atoms with E-state index in [4.69, 9.17) is 0 Å². The Morgan fingerprint density at radius 2 is 1.74 bits per heavy atom. The average molecular weight is 264 g/mol. The van der Waals surface area contributed by atoms with E-state index in [-0.39, 0.29) is 0 Å². The fourth-order valence-corrected chi connectivity index (χ4v) is 5.18. The van der Waals surface area contributed by atoms with Crippen LogP contribution >= 0.6 is 0 Å². The highest BCUT2D eigenvalue weighted by molar-refractivity contribution is 5.01. The Morgan fingerprint density at radius 3 is 2.32 bits per heavy atom. The third-order valence-electron chi connectivity index (χ3n) is 5.88. The summed E-state index contributed by atoms with van der Waals surface area (Å²) in [5.74, 6) is 0. The normalized spacial score (nSPS) is 42.5. The van der Waals surface area contributed by atoms with Gasteiger partial charge in [0.1, 0.15) is 0 Å². The number of rotatable bonds is 3. The van der Waals surface area contributed by atoms with Crippen LogP contribution in [0, 0.1) is 5.41 Å². The molecule has 3 atom stereocenters. The summed E-state index contributed by atoms with van der Waals surface area (Å²) in [7, 11) is 0. The highest BCUT2D eigenvalue weighted by atomic mass is 15.3. The Labute approximate surface area is 119 Å². The largest absolute Gasteiger partial charge is 0.314 e. The van der Waals surface area contributed by atoms with Crippen LogP contribution < -0.4 is 5.32 Å². The molecule has 1 N–H and O–H groups in total. The van der Waals surface area contributed by atoms with Crippen molar-refractivity contribution in [2.24, 2.45) is 5.41 Å². The minimum Gasteiger partial charge on any atom is -0.314 e. The molecule has 2 bridgehead atoms. The first-order valence-corrected chi connectivity index (χ1v) is 8.60. The van der Waals surface area contributed by atoms with Crippen LogP contribution in [0.5, 0.6) is 0 Å². The minimum absolute atomic E-state index is 0.584. The Kier molecular flexibility index (Phi) is 3.92. The zero-order valence-electron chi connectivity index (χ0n) is 13.1. The monoisotopic (exact) mass is 264 g/mol. The lowest BCUT2D eigenvalue weighted by molar-refractivity contribution is 0.0233. The number of hydrogen-bond donors (Lipinski definition) is 1. The van der Waals surface area contributed by atoms with Gasteiger partial charge < -0.3 is 5.32 Å². The summed E-state index contributed by atoms with van der Waals surface area (Å²) in [6.07, 6.45) is 11.5. The lowest BCUT2D eigenvalue weighted by Gasteiger charge is -2.48. The Bertz CT molecular complexity index is 298. The van der Waals surface area contributed by atoms with E-state index >= 15 is 0 Å². The first-order valence-electron chi connectivity index (χ1n) is 8.60. The smallest absolute Gasteiger partial charge is 0.0116 e. The van der Waals surface area contributed by atoms with E-state index in [9.17, 15) is 0 Å². The van der Waals surface area contributed by atoms with Crippen LogP contribution in [-0.2, 0) is 0 Å². The van der Waals surface area contributed by atoms with E-state index in [1.54, 1.807) is 0 Å². The molecular weight excluding hydrogens is 232 g/mol. The van der Waals surface area contributed by atoms with Crippen LogP contribution in [-0.4, -0.2) is 35.6 Å². The molecule has 2 heteroatoms. The maximum absolute atomic E-state index is 3.70. The second-order valence-electron chi connectivity index (χ2n) is 7.97. The second-order valence-corrected chi connectivity index (χ2v) is 7.97. The number of hydrogen-bond acceptors (Lipinski definition) is 2. The molecule has 1 saturated carbocycles. The molecule has 2 nitrogen and oxygen atoms in total. The number of piperidine rings is 1. The van der Waals surface area contributed by atoms with Gasteiger partial charge in [-0.3, -0.25) is 4.90 Å². The maximum atomic E-state index is 3.70. The molecule has 0 amide bonds. The van der Waals surface area contributed by atoms with Crippen molar-refractivity contribution in [3.05, 3.63) is 0 Å². The minimum atomic E-state index is 0.584. The van der Waals surface area contributed by atoms with Gasteiger partial charge in [0.25, 0.3) is 0 Å². The van der Waals surface area contributed by atoms with Crippen LogP contribution in [0.3, 0.4) is 0 Å². The zero-order valence-corrected chi connectivity index (χ0v) is 13.1. The van der Waals surface area contributed by atoms with Crippen LogP contribution in [0.25, 0.3) is 0 Å². The summed E-state index contributed by atoms with van der Waals surface area (Å²) in [5.41, 5.74) is 0.584. The highest BCUT2D eigenvalue weighted by Gasteiger charge is 2.45. The molecular formula is C17H32N2. The molecule has 110 valence electrons. The van der Waals surface area contributed by atoms with Crippen molar-refractivity contribution >= 4 is 0 Å². The molecule has 19 heavy (non-hydrogen) atoms. The van der Waals surface area contributed by atoms with E-state index < -0.39 is 0 Å². The second kappa shape index (κ2) is 5.37. The van der Waals surface area contributed by atoms with Gasteiger partial charge in [0.15, 0.2) is 0 Å². The van der Waals surface area contributed by atoms with Crippen molar-refractivity contribution in [2.75, 3.05) is 6.54 Å². The lowest BCUT2D eigenvalue weighted by Crippen LogP contribution is -2.54. The van der Waals surface area contributed by atoms with Crippen LogP contribution in [0.15, 0.2) is 0 Å². The standard InChI is InChI=1S/C17H32N2/c1-4-18-13-10-14-7-8-15(11-13)19(14)16-6-5-9-17(2,3)12-16/h13-16,18H,4-12H2,1-3H3. The Hall–Kier alpha value is -0.0800. The predicted molar refractivity (Wildman–Crippen MR) is 81.4 cm³/mol. The van der Waals surface area contributed by atoms with E-state index in [1.807, 2.05) is 0 Å². The molecule has 3 unspecified atom stereocenters. The first kappa shape index (κ1) is 13.9. The zero-order chi connectivity index (χ0) is 13.5. The fraction of sp³-hybridized carbons (Fsp3) is 1.00. The highest BCUT2D eigenvalue weighted by Crippen LogP contribution is 2.44. The van der Waals surface area contributed by atoms with Gasteiger partial charge in [-0.1, -0.05) is 27.2 Å². The SMILES string of the molecule is CCNC1CC2CCC(C1)N2C1CCCC(C)(C)C1. The molecule has 0 aromatic carbocycles. The maximum Gasteiger partial charge on any atom is 0.0116 e. The van der Waals surface area contributed by atoms with Crippen molar-refractivity contribution in [1.29, 1.82) is 0 Å². The number of fused-ring (bicyclic) bond motifs is 2. The molecule has 0 aromatic heterocycles. The molecule has 0 spiro atoms. The quantitative estimate of drug-likeness (QED) is 0.838. The molecule has 0 aromatic rings. The average Bonchev–Trinajstić information content (AvgIpc) is 2.60. The third kappa shape index (κ3) is 2.85. The van der Waals surface area contributed by atoms with Gasteiger partial charge in [0.2, 0.25) is 0 Å². The molecule has 2 heterocycles. The third-order valence-corrected chi connectivity index (χ3v) is 5.88.